The fourth-order valence-electron chi connectivity index (χ4n) is 3.70. The summed E-state index contributed by atoms with van der Waals surface area (Å²) >= 11 is 0. The van der Waals surface area contributed by atoms with Gasteiger partial charge in [-0.05, 0) is 87.2 Å². The van der Waals surface area contributed by atoms with Gasteiger partial charge in [-0.1, -0.05) is 57.8 Å². The van der Waals surface area contributed by atoms with E-state index in [2.05, 4.69) is 19.7 Å². The molecule has 47 heavy (non-hydrogen) atoms. The van der Waals surface area contributed by atoms with E-state index >= 15 is 0 Å². The molecule has 0 aliphatic carbocycles. The molecule has 0 aliphatic rings. The normalized spacial score (nSPS) is 10.4. The van der Waals surface area contributed by atoms with Crippen LogP contribution in [0.15, 0.2) is 103 Å². The number of ether oxygens (including phenoxy) is 5. The molecular weight excluding hydrogens is 600 g/mol. The van der Waals surface area contributed by atoms with Gasteiger partial charge < -0.3 is 23.7 Å². The first-order valence-corrected chi connectivity index (χ1v) is 14.6. The van der Waals surface area contributed by atoms with Crippen LogP contribution in [0.4, 0.5) is 0 Å². The lowest BCUT2D eigenvalue weighted by atomic mass is 9.98. The van der Waals surface area contributed by atoms with E-state index < -0.39 is 29.8 Å². The quantitative estimate of drug-likeness (QED) is 0.0836. The molecule has 0 atom stereocenters. The van der Waals surface area contributed by atoms with E-state index in [9.17, 15) is 19.2 Å². The lowest BCUT2D eigenvalue weighted by molar-refractivity contribution is -0.138. The molecule has 0 amide bonds. The van der Waals surface area contributed by atoms with Crippen molar-refractivity contribution in [2.75, 3.05) is 0 Å². The maximum absolute atomic E-state index is 12.5. The maximum Gasteiger partial charge on any atom is 0.338 e. The minimum atomic E-state index is -0.691. The molecular formula is C38H38O9. The van der Waals surface area contributed by atoms with E-state index in [1.807, 2.05) is 19.9 Å². The fraction of sp³-hybridized carbons (Fsp3) is 0.211. The van der Waals surface area contributed by atoms with Gasteiger partial charge in [0.15, 0.2) is 23.0 Å². The second-order valence-electron chi connectivity index (χ2n) is 11.4. The van der Waals surface area contributed by atoms with Crippen molar-refractivity contribution in [1.82, 2.24) is 0 Å². The lowest BCUT2D eigenvalue weighted by Crippen LogP contribution is -2.16. The molecule has 0 radical (unpaired) electrons. The van der Waals surface area contributed by atoms with Crippen molar-refractivity contribution in [3.05, 3.63) is 103 Å². The van der Waals surface area contributed by atoms with Gasteiger partial charge in [0.2, 0.25) is 0 Å². The summed E-state index contributed by atoms with van der Waals surface area (Å²) in [5, 5.41) is 0. The minimum absolute atomic E-state index is 0.0106. The van der Waals surface area contributed by atoms with Crippen LogP contribution in [-0.2, 0) is 19.2 Å². The summed E-state index contributed by atoms with van der Waals surface area (Å²) in [5.41, 5.74) is 3.91. The van der Waals surface area contributed by atoms with Crippen molar-refractivity contribution in [2.24, 2.45) is 5.92 Å². The van der Waals surface area contributed by atoms with Gasteiger partial charge in [-0.3, -0.25) is 4.79 Å². The predicted molar refractivity (Wildman–Crippen MR) is 179 cm³/mol. The number of esters is 4. The molecule has 0 aromatic heterocycles. The molecule has 3 rings (SSSR count). The number of carbonyl (C=O) groups is 4. The Hall–Kier alpha value is -5.70. The van der Waals surface area contributed by atoms with Gasteiger partial charge in [-0.15, -0.1) is 0 Å². The molecule has 0 spiro atoms. The zero-order valence-corrected chi connectivity index (χ0v) is 27.6. The van der Waals surface area contributed by atoms with Gasteiger partial charge in [0, 0.05) is 22.3 Å². The zero-order chi connectivity index (χ0) is 35.0. The van der Waals surface area contributed by atoms with E-state index in [0.717, 1.165) is 5.57 Å². The molecule has 9 heteroatoms. The van der Waals surface area contributed by atoms with Crippen molar-refractivity contribution in [1.29, 1.82) is 0 Å². The van der Waals surface area contributed by atoms with Gasteiger partial charge in [0.1, 0.15) is 5.75 Å². The molecule has 0 fully saturated rings. The maximum atomic E-state index is 12.5. The molecule has 0 unspecified atom stereocenters. The van der Waals surface area contributed by atoms with Crippen LogP contribution >= 0.6 is 0 Å². The Bertz CT molecular complexity index is 1800. The van der Waals surface area contributed by atoms with E-state index in [1.54, 1.807) is 62.6 Å². The van der Waals surface area contributed by atoms with E-state index in [4.69, 9.17) is 23.7 Å². The van der Waals surface area contributed by atoms with Crippen LogP contribution in [0.5, 0.6) is 28.7 Å². The second-order valence-corrected chi connectivity index (χ2v) is 11.4. The van der Waals surface area contributed by atoms with Crippen molar-refractivity contribution in [3.63, 3.8) is 0 Å². The molecule has 9 nitrogen and oxygen atoms in total. The van der Waals surface area contributed by atoms with Crippen LogP contribution in [0, 0.1) is 5.92 Å². The van der Waals surface area contributed by atoms with Crippen LogP contribution in [0.3, 0.4) is 0 Å². The van der Waals surface area contributed by atoms with Crippen molar-refractivity contribution >= 4 is 23.9 Å². The lowest BCUT2D eigenvalue weighted by Gasteiger charge is -2.16. The SMILES string of the molecule is C=C(C)C(=O)Oc1ccc(-c2ccc(-c3ccc(OC(=O)C(C)C)c(OC(=O)C(=C)C)c3)c(OC=C(C)C)c2)cc1OC(=O)C(=C)C. The topological polar surface area (TPSA) is 114 Å². The Morgan fingerprint density at radius 3 is 1.43 bits per heavy atom. The van der Waals surface area contributed by atoms with Crippen molar-refractivity contribution in [3.8, 4) is 51.0 Å². The third kappa shape index (κ3) is 9.64. The number of hydrogen-bond donors (Lipinski definition) is 0. The number of allylic oxidation sites excluding steroid dienone is 1. The van der Waals surface area contributed by atoms with Crippen LogP contribution in [0.1, 0.15) is 48.5 Å². The molecule has 0 bridgehead atoms. The van der Waals surface area contributed by atoms with Gasteiger partial charge in [-0.2, -0.15) is 0 Å². The highest BCUT2D eigenvalue weighted by Crippen LogP contribution is 2.41. The van der Waals surface area contributed by atoms with E-state index in [1.165, 1.54) is 26.8 Å². The van der Waals surface area contributed by atoms with Crippen LogP contribution < -0.4 is 23.7 Å². The van der Waals surface area contributed by atoms with Crippen molar-refractivity contribution < 1.29 is 42.9 Å². The summed E-state index contributed by atoms with van der Waals surface area (Å²) in [6, 6.07) is 15.0. The highest BCUT2D eigenvalue weighted by atomic mass is 16.6. The van der Waals surface area contributed by atoms with Crippen LogP contribution in [0.25, 0.3) is 22.3 Å². The standard InChI is InChI=1S/C38H38O9/c1-21(2)20-43-32-17-26(27-12-15-30(44-35(39)22(3)4)33(18-27)46-37(41)24(7)8)11-14-29(32)28-13-16-31(45-36(40)23(5)6)34(19-28)47-38(42)25(9)10/h11-20,23H,3,7,9H2,1-2,4-6,8,10H3. The first-order chi connectivity index (χ1) is 22.1. The van der Waals surface area contributed by atoms with Gasteiger partial charge in [0.05, 0.1) is 12.2 Å². The molecule has 244 valence electrons. The van der Waals surface area contributed by atoms with E-state index in [-0.39, 0.29) is 39.7 Å². The predicted octanol–water partition coefficient (Wildman–Crippen LogP) is 8.33. The molecule has 0 heterocycles. The first kappa shape index (κ1) is 35.8. The summed E-state index contributed by atoms with van der Waals surface area (Å²) in [7, 11) is 0. The number of carbonyl (C=O) groups excluding carboxylic acids is 4. The van der Waals surface area contributed by atoms with E-state index in [0.29, 0.717) is 28.0 Å². The third-order valence-corrected chi connectivity index (χ3v) is 6.27. The van der Waals surface area contributed by atoms with Crippen molar-refractivity contribution in [2.45, 2.75) is 48.5 Å². The summed E-state index contributed by atoms with van der Waals surface area (Å²) in [4.78, 5) is 49.5. The molecule has 0 aliphatic heterocycles. The Kier molecular flexibility index (Phi) is 11.8. The minimum Gasteiger partial charge on any atom is -0.464 e. The largest absolute Gasteiger partial charge is 0.464 e. The van der Waals surface area contributed by atoms with Gasteiger partial charge >= 0.3 is 23.9 Å². The first-order valence-electron chi connectivity index (χ1n) is 14.6. The van der Waals surface area contributed by atoms with Gasteiger partial charge in [-0.25, -0.2) is 14.4 Å². The number of hydrogen-bond acceptors (Lipinski definition) is 9. The summed E-state index contributed by atoms with van der Waals surface area (Å²) < 4.78 is 28.0. The second kappa shape index (κ2) is 15.5. The molecule has 3 aromatic rings. The van der Waals surface area contributed by atoms with Gasteiger partial charge in [0.25, 0.3) is 0 Å². The summed E-state index contributed by atoms with van der Waals surface area (Å²) in [6.45, 7) is 22.5. The monoisotopic (exact) mass is 638 g/mol. The number of rotatable bonds is 12. The average Bonchev–Trinajstić information content (AvgIpc) is 3.01. The highest BCUT2D eigenvalue weighted by molar-refractivity contribution is 5.92. The highest BCUT2D eigenvalue weighted by Gasteiger charge is 2.20. The zero-order valence-electron chi connectivity index (χ0n) is 27.6. The molecule has 3 aromatic carbocycles. The average molecular weight is 639 g/mol. The summed E-state index contributed by atoms with van der Waals surface area (Å²) in [5.74, 6) is -2.36. The number of benzene rings is 3. The summed E-state index contributed by atoms with van der Waals surface area (Å²) in [6.07, 6.45) is 1.59. The molecule has 0 saturated heterocycles. The Balaban J connectivity index is 2.16. The third-order valence-electron chi connectivity index (χ3n) is 6.27. The fourth-order valence-corrected chi connectivity index (χ4v) is 3.70. The van der Waals surface area contributed by atoms with Crippen LogP contribution in [-0.4, -0.2) is 23.9 Å². The van der Waals surface area contributed by atoms with Crippen LogP contribution in [0.2, 0.25) is 0 Å². The smallest absolute Gasteiger partial charge is 0.338 e. The molecule has 0 N–H and O–H groups in total. The Morgan fingerprint density at radius 2 is 0.957 bits per heavy atom. The Labute approximate surface area is 274 Å². The molecule has 0 saturated carbocycles. The Morgan fingerprint density at radius 1 is 0.553 bits per heavy atom.